The van der Waals surface area contributed by atoms with Gasteiger partial charge in [0.15, 0.2) is 5.82 Å². The van der Waals surface area contributed by atoms with Gasteiger partial charge in [-0.15, -0.1) is 0 Å². The zero-order valence-corrected chi connectivity index (χ0v) is 13.2. The summed E-state index contributed by atoms with van der Waals surface area (Å²) in [7, 11) is 0. The Morgan fingerprint density at radius 2 is 1.91 bits per heavy atom. The predicted octanol–water partition coefficient (Wildman–Crippen LogP) is 3.53. The van der Waals surface area contributed by atoms with Crippen LogP contribution < -0.4 is 5.32 Å². The molecule has 116 valence electrons. The van der Waals surface area contributed by atoms with E-state index in [4.69, 9.17) is 27.9 Å². The van der Waals surface area contributed by atoms with Gasteiger partial charge in [-0.05, 0) is 17.7 Å². The highest BCUT2D eigenvalue weighted by atomic mass is 35.5. The number of hydrogen-bond donors (Lipinski definition) is 2. The number of hydrogen-bond acceptors (Lipinski definition) is 5. The van der Waals surface area contributed by atoms with Crippen molar-refractivity contribution in [1.82, 2.24) is 9.97 Å². The summed E-state index contributed by atoms with van der Waals surface area (Å²) in [4.78, 5) is 7.91. The molecule has 0 unspecified atom stereocenters. The molecule has 2 N–H and O–H groups in total. The van der Waals surface area contributed by atoms with Crippen molar-refractivity contribution in [3.8, 4) is 0 Å². The Balaban J connectivity index is 1.96. The number of nitrogens with one attached hydrogen (secondary N) is 1. The second-order valence-electron chi connectivity index (χ2n) is 5.15. The SMILES string of the molecule is OC1(c2ccccc2Nc2nc(Cl)ncc2Cl)CCOCC1. The van der Waals surface area contributed by atoms with Gasteiger partial charge in [-0.1, -0.05) is 29.8 Å². The number of benzene rings is 1. The smallest absolute Gasteiger partial charge is 0.224 e. The normalized spacial score (nSPS) is 17.2. The van der Waals surface area contributed by atoms with E-state index in [1.54, 1.807) is 0 Å². The second-order valence-corrected chi connectivity index (χ2v) is 5.90. The molecule has 1 fully saturated rings. The molecule has 1 aromatic heterocycles. The lowest BCUT2D eigenvalue weighted by atomic mass is 9.85. The average Bonchev–Trinajstić information content (AvgIpc) is 2.52. The maximum absolute atomic E-state index is 10.9. The predicted molar refractivity (Wildman–Crippen MR) is 85.7 cm³/mol. The Bertz CT molecular complexity index is 676. The number of anilines is 2. The molecule has 7 heteroatoms. The van der Waals surface area contributed by atoms with E-state index in [9.17, 15) is 5.11 Å². The van der Waals surface area contributed by atoms with E-state index in [1.807, 2.05) is 24.3 Å². The first-order valence-electron chi connectivity index (χ1n) is 6.93. The largest absolute Gasteiger partial charge is 0.385 e. The van der Waals surface area contributed by atoms with Gasteiger partial charge in [-0.3, -0.25) is 0 Å². The number of ether oxygens (including phenoxy) is 1. The van der Waals surface area contributed by atoms with Crippen molar-refractivity contribution in [3.63, 3.8) is 0 Å². The van der Waals surface area contributed by atoms with Crippen LogP contribution >= 0.6 is 23.2 Å². The van der Waals surface area contributed by atoms with E-state index in [1.165, 1.54) is 6.20 Å². The van der Waals surface area contributed by atoms with Crippen LogP contribution in [0.4, 0.5) is 11.5 Å². The zero-order valence-electron chi connectivity index (χ0n) is 11.7. The Kier molecular flexibility index (Phi) is 4.49. The molecular formula is C15H15Cl2N3O2. The minimum Gasteiger partial charge on any atom is -0.385 e. The molecule has 5 nitrogen and oxygen atoms in total. The molecule has 0 spiro atoms. The van der Waals surface area contributed by atoms with Crippen LogP contribution in [0.2, 0.25) is 10.3 Å². The first-order chi connectivity index (χ1) is 10.6. The maximum atomic E-state index is 10.9. The molecule has 1 saturated heterocycles. The van der Waals surface area contributed by atoms with Gasteiger partial charge in [-0.2, -0.15) is 4.98 Å². The summed E-state index contributed by atoms with van der Waals surface area (Å²) >= 11 is 11.9. The van der Waals surface area contributed by atoms with Crippen LogP contribution in [0.25, 0.3) is 0 Å². The van der Waals surface area contributed by atoms with Gasteiger partial charge in [0.1, 0.15) is 5.02 Å². The van der Waals surface area contributed by atoms with E-state index in [0.717, 1.165) is 11.3 Å². The highest BCUT2D eigenvalue weighted by Crippen LogP contribution is 2.37. The molecule has 22 heavy (non-hydrogen) atoms. The van der Waals surface area contributed by atoms with Crippen LogP contribution in [0.3, 0.4) is 0 Å². The lowest BCUT2D eigenvalue weighted by Crippen LogP contribution is -2.34. The Morgan fingerprint density at radius 1 is 1.18 bits per heavy atom. The number of aromatic nitrogens is 2. The molecular weight excluding hydrogens is 325 g/mol. The molecule has 1 aliphatic rings. The van der Waals surface area contributed by atoms with Crippen molar-refractivity contribution in [2.75, 3.05) is 18.5 Å². The van der Waals surface area contributed by atoms with E-state index in [-0.39, 0.29) is 5.28 Å². The summed E-state index contributed by atoms with van der Waals surface area (Å²) in [5.74, 6) is 0.407. The Morgan fingerprint density at radius 3 is 2.68 bits per heavy atom. The third kappa shape index (κ3) is 3.17. The Hall–Kier alpha value is -1.40. The lowest BCUT2D eigenvalue weighted by Gasteiger charge is -2.34. The number of aliphatic hydroxyl groups is 1. The molecule has 0 atom stereocenters. The summed E-state index contributed by atoms with van der Waals surface area (Å²) in [6.07, 6.45) is 2.53. The van der Waals surface area contributed by atoms with Crippen molar-refractivity contribution in [1.29, 1.82) is 0 Å². The van der Waals surface area contributed by atoms with Crippen LogP contribution in [0.5, 0.6) is 0 Å². The summed E-state index contributed by atoms with van der Waals surface area (Å²) in [6, 6.07) is 7.53. The first kappa shape index (κ1) is 15.5. The van der Waals surface area contributed by atoms with Gasteiger partial charge in [0, 0.05) is 37.3 Å². The third-order valence-electron chi connectivity index (χ3n) is 3.72. The fraction of sp³-hybridized carbons (Fsp3) is 0.333. The molecule has 3 rings (SSSR count). The summed E-state index contributed by atoms with van der Waals surface area (Å²) < 4.78 is 5.34. The molecule has 0 bridgehead atoms. The molecule has 2 aromatic rings. The molecule has 1 aliphatic heterocycles. The zero-order chi connectivity index (χ0) is 15.6. The summed E-state index contributed by atoms with van der Waals surface area (Å²) in [5.41, 5.74) is 0.609. The second kappa shape index (κ2) is 6.38. The van der Waals surface area contributed by atoms with Crippen molar-refractivity contribution in [2.24, 2.45) is 0 Å². The van der Waals surface area contributed by atoms with Crippen LogP contribution in [0.1, 0.15) is 18.4 Å². The van der Waals surface area contributed by atoms with E-state index < -0.39 is 5.60 Å². The van der Waals surface area contributed by atoms with Gasteiger partial charge in [0.25, 0.3) is 0 Å². The van der Waals surface area contributed by atoms with E-state index in [2.05, 4.69) is 15.3 Å². The molecule has 1 aromatic carbocycles. The molecule has 0 saturated carbocycles. The standard InChI is InChI=1S/C15H15Cl2N3O2/c16-11-9-18-14(17)20-13(11)19-12-4-2-1-3-10(12)15(21)5-7-22-8-6-15/h1-4,9,21H,5-8H2,(H,18,19,20). The van der Waals surface area contributed by atoms with Gasteiger partial charge in [-0.25, -0.2) is 4.98 Å². The summed E-state index contributed by atoms with van der Waals surface area (Å²) in [6.45, 7) is 1.07. The highest BCUT2D eigenvalue weighted by Gasteiger charge is 2.33. The topological polar surface area (TPSA) is 67.3 Å². The lowest BCUT2D eigenvalue weighted by molar-refractivity contribution is -0.0674. The van der Waals surface area contributed by atoms with Crippen LogP contribution in [-0.2, 0) is 10.3 Å². The monoisotopic (exact) mass is 339 g/mol. The quantitative estimate of drug-likeness (QED) is 0.837. The fourth-order valence-corrected chi connectivity index (χ4v) is 2.81. The number of rotatable bonds is 3. The van der Waals surface area contributed by atoms with Gasteiger partial charge in [0.2, 0.25) is 5.28 Å². The van der Waals surface area contributed by atoms with Crippen LogP contribution in [0, 0.1) is 0 Å². The van der Waals surface area contributed by atoms with Crippen molar-refractivity contribution in [3.05, 3.63) is 46.3 Å². The van der Waals surface area contributed by atoms with Crippen molar-refractivity contribution >= 4 is 34.7 Å². The van der Waals surface area contributed by atoms with Gasteiger partial charge >= 0.3 is 0 Å². The molecule has 2 heterocycles. The third-order valence-corrected chi connectivity index (χ3v) is 4.17. The molecule has 0 amide bonds. The van der Waals surface area contributed by atoms with Crippen molar-refractivity contribution in [2.45, 2.75) is 18.4 Å². The number of halogens is 2. The average molecular weight is 340 g/mol. The highest BCUT2D eigenvalue weighted by molar-refractivity contribution is 6.33. The van der Waals surface area contributed by atoms with E-state index in [0.29, 0.717) is 36.9 Å². The van der Waals surface area contributed by atoms with Gasteiger partial charge in [0.05, 0.1) is 11.8 Å². The van der Waals surface area contributed by atoms with E-state index >= 15 is 0 Å². The summed E-state index contributed by atoms with van der Waals surface area (Å²) in [5, 5.41) is 14.5. The first-order valence-corrected chi connectivity index (χ1v) is 7.69. The van der Waals surface area contributed by atoms with Crippen LogP contribution in [0.15, 0.2) is 30.5 Å². The Labute approximate surface area is 138 Å². The number of nitrogens with zero attached hydrogens (tertiary/aromatic N) is 2. The van der Waals surface area contributed by atoms with Gasteiger partial charge < -0.3 is 15.2 Å². The van der Waals surface area contributed by atoms with Crippen molar-refractivity contribution < 1.29 is 9.84 Å². The molecule has 0 radical (unpaired) electrons. The minimum atomic E-state index is -0.925. The van der Waals surface area contributed by atoms with Crippen LogP contribution in [-0.4, -0.2) is 28.3 Å². The minimum absolute atomic E-state index is 0.106. The fourth-order valence-electron chi connectivity index (χ4n) is 2.54. The number of para-hydroxylation sites is 1. The maximum Gasteiger partial charge on any atom is 0.224 e. The molecule has 0 aliphatic carbocycles.